The average molecular weight is 685 g/mol. The van der Waals surface area contributed by atoms with Gasteiger partial charge in [0.25, 0.3) is 11.5 Å². The molecule has 12 heteroatoms. The van der Waals surface area contributed by atoms with E-state index in [9.17, 15) is 19.2 Å². The number of imide groups is 1. The number of rotatable bonds is 9. The number of amides is 3. The van der Waals surface area contributed by atoms with Crippen molar-refractivity contribution in [1.29, 1.82) is 0 Å². The normalized spacial score (nSPS) is 19.3. The number of nitrogens with one attached hydrogen (secondary N) is 2. The van der Waals surface area contributed by atoms with Gasteiger partial charge in [0.2, 0.25) is 11.8 Å². The minimum atomic E-state index is -0.725. The maximum Gasteiger partial charge on any atom is 0.270 e. The molecule has 2 aromatic heterocycles. The highest BCUT2D eigenvalue weighted by atomic mass is 16.5. The Kier molecular flexibility index (Phi) is 10.6. The summed E-state index contributed by atoms with van der Waals surface area (Å²) in [4.78, 5) is 57.8. The lowest BCUT2D eigenvalue weighted by molar-refractivity contribution is -0.134. The molecule has 12 nitrogen and oxygen atoms in total. The molecule has 1 atom stereocenters. The number of methoxy groups -OCH3 is 2. The van der Waals surface area contributed by atoms with Crippen LogP contribution in [-0.4, -0.2) is 85.2 Å². The van der Waals surface area contributed by atoms with Crippen LogP contribution >= 0.6 is 0 Å². The number of hydrogen-bond donors (Lipinski definition) is 2. The fraction of sp³-hybridized carbons (Fsp3) is 0.500. The first-order valence-electron chi connectivity index (χ1n) is 17.6. The predicted octanol–water partition coefficient (Wildman–Crippen LogP) is 3.71. The highest BCUT2D eigenvalue weighted by Crippen LogP contribution is 2.44. The van der Waals surface area contributed by atoms with Crippen LogP contribution in [0.15, 0.2) is 41.5 Å². The van der Waals surface area contributed by atoms with Crippen molar-refractivity contribution in [3.63, 3.8) is 0 Å². The van der Waals surface area contributed by atoms with Gasteiger partial charge in [-0.2, -0.15) is 0 Å². The minimum Gasteiger partial charge on any atom is -0.496 e. The standard InChI is InChI=1S/C38H48N6O6/c1-23-24(2)38(48)42(3)22-29(23)27-18-32(49-4)35(33(19-27)50-5)26-12-14-43(15-13-26)21-25-10-16-44(17-11-25)28-6-7-30(39-20-28)36(46)40-31-8-9-34(45)41-37(31)47/h6-7,18-20,22,25-26,31H,8-17,21H2,1-5H3,(H,40,46)(H,41,45,47). The second-order valence-corrected chi connectivity index (χ2v) is 13.9. The lowest BCUT2D eigenvalue weighted by atomic mass is 9.85. The van der Waals surface area contributed by atoms with Crippen LogP contribution < -0.4 is 30.6 Å². The number of pyridine rings is 2. The zero-order valence-corrected chi connectivity index (χ0v) is 29.7. The number of ether oxygens (including phenoxy) is 2. The van der Waals surface area contributed by atoms with Crippen molar-refractivity contribution in [3.05, 3.63) is 69.4 Å². The number of carbonyl (C=O) groups is 3. The number of likely N-dealkylation sites (tertiary alicyclic amines) is 1. The molecule has 0 radical (unpaired) electrons. The summed E-state index contributed by atoms with van der Waals surface area (Å²) in [6, 6.07) is 7.05. The number of benzene rings is 1. The Morgan fingerprint density at radius 3 is 2.22 bits per heavy atom. The van der Waals surface area contributed by atoms with Crippen LogP contribution in [0.1, 0.15) is 71.6 Å². The van der Waals surface area contributed by atoms with E-state index in [4.69, 9.17) is 9.47 Å². The predicted molar refractivity (Wildman–Crippen MR) is 191 cm³/mol. The first-order valence-corrected chi connectivity index (χ1v) is 17.6. The van der Waals surface area contributed by atoms with E-state index in [2.05, 4.69) is 37.6 Å². The molecular formula is C38H48N6O6. The number of anilines is 1. The van der Waals surface area contributed by atoms with E-state index in [1.807, 2.05) is 26.1 Å². The van der Waals surface area contributed by atoms with Gasteiger partial charge in [-0.05, 0) is 106 Å². The van der Waals surface area contributed by atoms with Crippen LogP contribution in [0, 0.1) is 19.8 Å². The van der Waals surface area contributed by atoms with Gasteiger partial charge in [0.1, 0.15) is 23.2 Å². The Balaban J connectivity index is 1.01. The topological polar surface area (TPSA) is 135 Å². The fourth-order valence-corrected chi connectivity index (χ4v) is 7.68. The van der Waals surface area contributed by atoms with Crippen LogP contribution in [0.25, 0.3) is 11.1 Å². The van der Waals surface area contributed by atoms with E-state index >= 15 is 0 Å². The minimum absolute atomic E-state index is 0.0137. The van der Waals surface area contributed by atoms with Gasteiger partial charge in [0, 0.05) is 56.0 Å². The van der Waals surface area contributed by atoms with Gasteiger partial charge in [-0.15, -0.1) is 0 Å². The summed E-state index contributed by atoms with van der Waals surface area (Å²) in [6.45, 7) is 8.84. The van der Waals surface area contributed by atoms with Crippen LogP contribution in [0.4, 0.5) is 5.69 Å². The van der Waals surface area contributed by atoms with Crippen molar-refractivity contribution in [3.8, 4) is 22.6 Å². The van der Waals surface area contributed by atoms with Crippen LogP contribution in [-0.2, 0) is 16.6 Å². The highest BCUT2D eigenvalue weighted by Gasteiger charge is 2.31. The van der Waals surface area contributed by atoms with E-state index in [0.29, 0.717) is 18.3 Å². The Labute approximate surface area is 293 Å². The lowest BCUT2D eigenvalue weighted by Gasteiger charge is -2.38. The molecule has 0 aliphatic carbocycles. The SMILES string of the molecule is COc1cc(-c2cn(C)c(=O)c(C)c2C)cc(OC)c1C1CCN(CC2CCN(c3ccc(C(=O)NC4CCC(=O)NC4=O)nc3)CC2)CC1. The van der Waals surface area contributed by atoms with E-state index in [1.165, 1.54) is 0 Å². The zero-order chi connectivity index (χ0) is 35.5. The van der Waals surface area contributed by atoms with E-state index in [-0.39, 0.29) is 23.6 Å². The molecule has 3 amide bonds. The van der Waals surface area contributed by atoms with Gasteiger partial charge < -0.3 is 29.2 Å². The quantitative estimate of drug-likeness (QED) is 0.324. The summed E-state index contributed by atoms with van der Waals surface area (Å²) in [5.74, 6) is 1.38. The van der Waals surface area contributed by atoms with Gasteiger partial charge in [0.05, 0.1) is 26.1 Å². The largest absolute Gasteiger partial charge is 0.496 e. The lowest BCUT2D eigenvalue weighted by Crippen LogP contribution is -2.52. The molecule has 0 saturated carbocycles. The number of piperidine rings is 3. The van der Waals surface area contributed by atoms with Crippen LogP contribution in [0.3, 0.4) is 0 Å². The first-order chi connectivity index (χ1) is 24.1. The number of aromatic nitrogens is 2. The molecule has 1 aromatic carbocycles. The Morgan fingerprint density at radius 1 is 0.940 bits per heavy atom. The summed E-state index contributed by atoms with van der Waals surface area (Å²) in [6.07, 6.45) is 8.34. The second-order valence-electron chi connectivity index (χ2n) is 13.9. The zero-order valence-electron chi connectivity index (χ0n) is 29.7. The molecule has 6 rings (SSSR count). The summed E-state index contributed by atoms with van der Waals surface area (Å²) >= 11 is 0. The van der Waals surface area contributed by atoms with Gasteiger partial charge >= 0.3 is 0 Å². The van der Waals surface area contributed by atoms with Crippen molar-refractivity contribution in [2.45, 2.75) is 64.3 Å². The summed E-state index contributed by atoms with van der Waals surface area (Å²) < 4.78 is 13.6. The molecule has 266 valence electrons. The molecule has 3 aromatic rings. The monoisotopic (exact) mass is 684 g/mol. The van der Waals surface area contributed by atoms with Gasteiger partial charge in [0.15, 0.2) is 0 Å². The Morgan fingerprint density at radius 2 is 1.62 bits per heavy atom. The van der Waals surface area contributed by atoms with Gasteiger partial charge in [-0.1, -0.05) is 0 Å². The number of aryl methyl sites for hydroxylation is 1. The van der Waals surface area contributed by atoms with Crippen molar-refractivity contribution >= 4 is 23.4 Å². The fourth-order valence-electron chi connectivity index (χ4n) is 7.68. The first kappa shape index (κ1) is 35.1. The molecule has 5 heterocycles. The Hall–Kier alpha value is -4.71. The molecule has 3 saturated heterocycles. The molecule has 1 unspecified atom stereocenters. The number of carbonyl (C=O) groups excluding carboxylic acids is 3. The summed E-state index contributed by atoms with van der Waals surface area (Å²) in [5.41, 5.74) is 6.05. The second kappa shape index (κ2) is 15.0. The third kappa shape index (κ3) is 7.40. The summed E-state index contributed by atoms with van der Waals surface area (Å²) in [5, 5.41) is 4.94. The number of nitrogens with zero attached hydrogens (tertiary/aromatic N) is 4. The van der Waals surface area contributed by atoms with Crippen molar-refractivity contribution < 1.29 is 23.9 Å². The van der Waals surface area contributed by atoms with Crippen molar-refractivity contribution in [1.82, 2.24) is 25.1 Å². The summed E-state index contributed by atoms with van der Waals surface area (Å²) in [7, 11) is 5.22. The van der Waals surface area contributed by atoms with E-state index in [0.717, 1.165) is 103 Å². The van der Waals surface area contributed by atoms with Crippen LogP contribution in [0.2, 0.25) is 0 Å². The van der Waals surface area contributed by atoms with Gasteiger partial charge in [-0.25, -0.2) is 4.98 Å². The number of hydrogen-bond acceptors (Lipinski definition) is 9. The van der Waals surface area contributed by atoms with E-state index in [1.54, 1.807) is 38.1 Å². The molecule has 3 aliphatic rings. The molecule has 2 N–H and O–H groups in total. The maximum absolute atomic E-state index is 12.7. The van der Waals surface area contributed by atoms with Gasteiger partial charge in [-0.3, -0.25) is 24.5 Å². The molecule has 0 spiro atoms. The Bertz CT molecular complexity index is 1780. The smallest absolute Gasteiger partial charge is 0.270 e. The van der Waals surface area contributed by atoms with Crippen LogP contribution in [0.5, 0.6) is 11.5 Å². The van der Waals surface area contributed by atoms with E-state index < -0.39 is 17.9 Å². The third-order valence-electron chi connectivity index (χ3n) is 10.8. The van der Waals surface area contributed by atoms with Crippen molar-refractivity contribution in [2.24, 2.45) is 13.0 Å². The van der Waals surface area contributed by atoms with Crippen molar-refractivity contribution in [2.75, 3.05) is 51.8 Å². The molecule has 50 heavy (non-hydrogen) atoms. The molecule has 0 bridgehead atoms. The maximum atomic E-state index is 12.7. The average Bonchev–Trinajstić information content (AvgIpc) is 3.13. The molecule has 3 aliphatic heterocycles. The molecular weight excluding hydrogens is 636 g/mol. The third-order valence-corrected chi connectivity index (χ3v) is 10.8. The highest BCUT2D eigenvalue weighted by molar-refractivity contribution is 6.03. The molecule has 3 fully saturated rings.